The average molecular weight is 371 g/mol. The van der Waals surface area contributed by atoms with Gasteiger partial charge in [0.05, 0.1) is 16.6 Å². The highest BCUT2D eigenvalue weighted by molar-refractivity contribution is 9.10. The lowest BCUT2D eigenvalue weighted by Crippen LogP contribution is -2.30. The highest BCUT2D eigenvalue weighted by Crippen LogP contribution is 2.34. The SMILES string of the molecule is O=C(NC1CCCc2sccc21)c1cccc(Br)c1Cl. The number of halogens is 2. The van der Waals surface area contributed by atoms with Crippen molar-refractivity contribution in [3.63, 3.8) is 0 Å². The van der Waals surface area contributed by atoms with E-state index in [1.165, 1.54) is 10.4 Å². The first-order valence-electron chi connectivity index (χ1n) is 6.48. The fraction of sp³-hybridized carbons (Fsp3) is 0.267. The molecule has 104 valence electrons. The largest absolute Gasteiger partial charge is 0.345 e. The molecule has 1 aromatic carbocycles. The maximum Gasteiger partial charge on any atom is 0.253 e. The molecule has 1 atom stereocenters. The van der Waals surface area contributed by atoms with E-state index >= 15 is 0 Å². The normalized spacial score (nSPS) is 17.6. The van der Waals surface area contributed by atoms with Gasteiger partial charge in [-0.1, -0.05) is 17.7 Å². The second-order valence-corrected chi connectivity index (χ2v) is 7.05. The zero-order valence-corrected chi connectivity index (χ0v) is 13.8. The second kappa shape index (κ2) is 5.88. The number of aryl methyl sites for hydroxylation is 1. The van der Waals surface area contributed by atoms with Crippen molar-refractivity contribution in [1.82, 2.24) is 5.32 Å². The van der Waals surface area contributed by atoms with Crippen LogP contribution in [0.25, 0.3) is 0 Å². The summed E-state index contributed by atoms with van der Waals surface area (Å²) in [6.07, 6.45) is 3.22. The summed E-state index contributed by atoms with van der Waals surface area (Å²) in [5.41, 5.74) is 1.78. The lowest BCUT2D eigenvalue weighted by Gasteiger charge is -2.24. The van der Waals surface area contributed by atoms with E-state index in [-0.39, 0.29) is 11.9 Å². The van der Waals surface area contributed by atoms with Gasteiger partial charge in [0.15, 0.2) is 0 Å². The highest BCUT2D eigenvalue weighted by Gasteiger charge is 2.24. The van der Waals surface area contributed by atoms with E-state index < -0.39 is 0 Å². The van der Waals surface area contributed by atoms with Gasteiger partial charge in [0, 0.05) is 9.35 Å². The molecule has 1 N–H and O–H groups in total. The minimum absolute atomic E-state index is 0.104. The van der Waals surface area contributed by atoms with Gasteiger partial charge >= 0.3 is 0 Å². The molecule has 2 aromatic rings. The molecule has 0 saturated carbocycles. The Kier molecular flexibility index (Phi) is 4.15. The quantitative estimate of drug-likeness (QED) is 0.794. The number of hydrogen-bond donors (Lipinski definition) is 1. The number of carbonyl (C=O) groups is 1. The molecule has 2 nitrogen and oxygen atoms in total. The van der Waals surface area contributed by atoms with E-state index in [1.54, 1.807) is 17.4 Å². The van der Waals surface area contributed by atoms with Gasteiger partial charge in [-0.2, -0.15) is 0 Å². The maximum atomic E-state index is 12.4. The molecule has 0 radical (unpaired) electrons. The van der Waals surface area contributed by atoms with Crippen LogP contribution in [0.5, 0.6) is 0 Å². The summed E-state index contributed by atoms with van der Waals surface area (Å²) in [5, 5.41) is 5.67. The molecule has 1 unspecified atom stereocenters. The minimum Gasteiger partial charge on any atom is -0.345 e. The lowest BCUT2D eigenvalue weighted by atomic mass is 9.94. The minimum atomic E-state index is -0.111. The Labute approximate surface area is 135 Å². The monoisotopic (exact) mass is 369 g/mol. The Balaban J connectivity index is 1.83. The molecule has 1 aromatic heterocycles. The van der Waals surface area contributed by atoms with Crippen LogP contribution in [0.3, 0.4) is 0 Å². The fourth-order valence-corrected chi connectivity index (χ4v) is 4.12. The van der Waals surface area contributed by atoms with Crippen molar-refractivity contribution >= 4 is 44.8 Å². The molecule has 1 amide bonds. The number of benzene rings is 1. The summed E-state index contributed by atoms with van der Waals surface area (Å²) in [6, 6.07) is 7.62. The Morgan fingerprint density at radius 3 is 3.10 bits per heavy atom. The van der Waals surface area contributed by atoms with Crippen LogP contribution in [0, 0.1) is 0 Å². The fourth-order valence-electron chi connectivity index (χ4n) is 2.55. The van der Waals surface area contributed by atoms with Crippen LogP contribution in [0.4, 0.5) is 0 Å². The second-order valence-electron chi connectivity index (χ2n) is 4.82. The first-order valence-corrected chi connectivity index (χ1v) is 8.53. The van der Waals surface area contributed by atoms with Crippen LogP contribution in [0.15, 0.2) is 34.1 Å². The molecule has 20 heavy (non-hydrogen) atoms. The standard InChI is InChI=1S/C15H13BrClNOS/c16-11-4-1-3-10(14(11)17)15(19)18-12-5-2-6-13-9(12)7-8-20-13/h1,3-4,7-8,12H,2,5-6H2,(H,18,19). The van der Waals surface area contributed by atoms with E-state index in [1.807, 2.05) is 12.1 Å². The molecule has 1 aliphatic carbocycles. The van der Waals surface area contributed by atoms with Crippen LogP contribution in [0.2, 0.25) is 5.02 Å². The Bertz CT molecular complexity index is 655. The third kappa shape index (κ3) is 2.65. The van der Waals surface area contributed by atoms with Gasteiger partial charge in [0.25, 0.3) is 5.91 Å². The van der Waals surface area contributed by atoms with Gasteiger partial charge in [0.2, 0.25) is 0 Å². The van der Waals surface area contributed by atoms with Crippen molar-refractivity contribution < 1.29 is 4.79 Å². The summed E-state index contributed by atoms with van der Waals surface area (Å²) in [6.45, 7) is 0. The van der Waals surface area contributed by atoms with Crippen molar-refractivity contribution in [1.29, 1.82) is 0 Å². The van der Waals surface area contributed by atoms with Gasteiger partial charge in [-0.15, -0.1) is 11.3 Å². The van der Waals surface area contributed by atoms with Crippen molar-refractivity contribution in [3.8, 4) is 0 Å². The molecule has 0 aliphatic heterocycles. The van der Waals surface area contributed by atoms with E-state index in [4.69, 9.17) is 11.6 Å². The molecule has 1 heterocycles. The summed E-state index contributed by atoms with van der Waals surface area (Å²) in [7, 11) is 0. The number of nitrogens with one attached hydrogen (secondary N) is 1. The molecular weight excluding hydrogens is 358 g/mol. The van der Waals surface area contributed by atoms with E-state index in [2.05, 4.69) is 32.7 Å². The lowest BCUT2D eigenvalue weighted by molar-refractivity contribution is 0.0933. The molecule has 3 rings (SSSR count). The topological polar surface area (TPSA) is 29.1 Å². The Morgan fingerprint density at radius 2 is 2.25 bits per heavy atom. The van der Waals surface area contributed by atoms with E-state index in [9.17, 15) is 4.79 Å². The number of hydrogen-bond acceptors (Lipinski definition) is 2. The smallest absolute Gasteiger partial charge is 0.253 e. The molecule has 0 fully saturated rings. The third-order valence-corrected chi connectivity index (χ3v) is 5.85. The molecule has 0 saturated heterocycles. The zero-order chi connectivity index (χ0) is 14.1. The summed E-state index contributed by atoms with van der Waals surface area (Å²) in [4.78, 5) is 13.8. The number of amides is 1. The van der Waals surface area contributed by atoms with Gasteiger partial charge < -0.3 is 5.32 Å². The number of carbonyl (C=O) groups excluding carboxylic acids is 1. The van der Waals surface area contributed by atoms with Gasteiger partial charge in [0.1, 0.15) is 0 Å². The molecule has 5 heteroatoms. The van der Waals surface area contributed by atoms with Crippen LogP contribution < -0.4 is 5.32 Å². The first-order chi connectivity index (χ1) is 9.66. The number of thiophene rings is 1. The maximum absolute atomic E-state index is 12.4. The van der Waals surface area contributed by atoms with Crippen LogP contribution in [-0.4, -0.2) is 5.91 Å². The third-order valence-electron chi connectivity index (χ3n) is 3.55. The molecular formula is C15H13BrClNOS. The van der Waals surface area contributed by atoms with Crippen molar-refractivity contribution in [3.05, 3.63) is 55.1 Å². The number of rotatable bonds is 2. The molecule has 0 spiro atoms. The average Bonchev–Trinajstić information content (AvgIpc) is 2.91. The summed E-state index contributed by atoms with van der Waals surface area (Å²) >= 11 is 11.3. The highest BCUT2D eigenvalue weighted by atomic mass is 79.9. The predicted molar refractivity (Wildman–Crippen MR) is 86.6 cm³/mol. The van der Waals surface area contributed by atoms with Crippen LogP contribution in [-0.2, 0) is 6.42 Å². The zero-order valence-electron chi connectivity index (χ0n) is 10.7. The predicted octanol–water partition coefficient (Wildman–Crippen LogP) is 4.97. The van der Waals surface area contributed by atoms with Crippen molar-refractivity contribution in [2.45, 2.75) is 25.3 Å². The van der Waals surface area contributed by atoms with Crippen LogP contribution in [0.1, 0.15) is 39.7 Å². The summed E-state index contributed by atoms with van der Waals surface area (Å²) < 4.78 is 0.742. The van der Waals surface area contributed by atoms with Gasteiger partial charge in [-0.3, -0.25) is 4.79 Å². The summed E-state index contributed by atoms with van der Waals surface area (Å²) in [5.74, 6) is -0.111. The van der Waals surface area contributed by atoms with E-state index in [0.717, 1.165) is 23.7 Å². The number of fused-ring (bicyclic) bond motifs is 1. The first kappa shape index (κ1) is 14.1. The Hall–Kier alpha value is -0.840. The van der Waals surface area contributed by atoms with Crippen LogP contribution >= 0.6 is 38.9 Å². The van der Waals surface area contributed by atoms with Crippen molar-refractivity contribution in [2.24, 2.45) is 0 Å². The molecule has 1 aliphatic rings. The van der Waals surface area contributed by atoms with Gasteiger partial charge in [-0.05, 0) is 64.3 Å². The molecule has 0 bridgehead atoms. The van der Waals surface area contributed by atoms with Gasteiger partial charge in [-0.25, -0.2) is 0 Å². The van der Waals surface area contributed by atoms with Crippen molar-refractivity contribution in [2.75, 3.05) is 0 Å². The Morgan fingerprint density at radius 1 is 1.40 bits per heavy atom. The van der Waals surface area contributed by atoms with E-state index in [0.29, 0.717) is 10.6 Å².